The van der Waals surface area contributed by atoms with Gasteiger partial charge in [-0.25, -0.2) is 9.18 Å². The summed E-state index contributed by atoms with van der Waals surface area (Å²) in [6, 6.07) is 15.0. The van der Waals surface area contributed by atoms with E-state index in [-0.39, 0.29) is 35.2 Å². The molecule has 35 heavy (non-hydrogen) atoms. The summed E-state index contributed by atoms with van der Waals surface area (Å²) in [5.41, 5.74) is 0.227. The number of hydrogen-bond acceptors (Lipinski definition) is 3. The SMILES string of the molecule is CC1C(c2ccccc2)OC(=O)N1Cc1cc(C(F)(F)F)ccc1-c1cc(CC(=O)O)ccc1F. The van der Waals surface area contributed by atoms with Gasteiger partial charge in [0.05, 0.1) is 24.6 Å². The first-order chi connectivity index (χ1) is 16.5. The zero-order valence-corrected chi connectivity index (χ0v) is 18.6. The lowest BCUT2D eigenvalue weighted by molar-refractivity contribution is -0.138. The third kappa shape index (κ3) is 5.13. The Bertz CT molecular complexity index is 1260. The first-order valence-corrected chi connectivity index (χ1v) is 10.8. The Kier molecular flexibility index (Phi) is 6.51. The Labute approximate surface area is 198 Å². The predicted octanol–water partition coefficient (Wildman–Crippen LogP) is 6.22. The summed E-state index contributed by atoms with van der Waals surface area (Å²) in [5.74, 6) is -1.85. The van der Waals surface area contributed by atoms with Crippen LogP contribution in [0.2, 0.25) is 0 Å². The van der Waals surface area contributed by atoms with E-state index in [9.17, 15) is 27.2 Å². The number of benzene rings is 3. The number of rotatable bonds is 6. The number of amides is 1. The number of carbonyl (C=O) groups excluding carboxylic acids is 1. The topological polar surface area (TPSA) is 66.8 Å². The molecule has 182 valence electrons. The monoisotopic (exact) mass is 487 g/mol. The molecule has 1 amide bonds. The Hall–Kier alpha value is -3.88. The normalized spacial score (nSPS) is 18.0. The second kappa shape index (κ2) is 9.40. The van der Waals surface area contributed by atoms with Crippen LogP contribution in [0.4, 0.5) is 22.4 Å². The molecule has 1 N–H and O–H groups in total. The smallest absolute Gasteiger partial charge is 0.416 e. The van der Waals surface area contributed by atoms with E-state index in [0.717, 1.165) is 29.8 Å². The summed E-state index contributed by atoms with van der Waals surface area (Å²) in [4.78, 5) is 25.1. The highest BCUT2D eigenvalue weighted by molar-refractivity contribution is 5.75. The number of halogens is 4. The molecule has 0 radical (unpaired) electrons. The van der Waals surface area contributed by atoms with Crippen LogP contribution >= 0.6 is 0 Å². The highest BCUT2D eigenvalue weighted by Gasteiger charge is 2.40. The first kappa shape index (κ1) is 24.3. The van der Waals surface area contributed by atoms with Crippen molar-refractivity contribution in [3.63, 3.8) is 0 Å². The number of cyclic esters (lactones) is 1. The van der Waals surface area contributed by atoms with Crippen LogP contribution in [-0.4, -0.2) is 28.1 Å². The van der Waals surface area contributed by atoms with Gasteiger partial charge in [-0.3, -0.25) is 9.69 Å². The maximum Gasteiger partial charge on any atom is 0.416 e. The Morgan fingerprint density at radius 2 is 1.74 bits per heavy atom. The molecule has 0 aromatic heterocycles. The lowest BCUT2D eigenvalue weighted by Gasteiger charge is -2.23. The van der Waals surface area contributed by atoms with E-state index in [1.54, 1.807) is 31.2 Å². The maximum atomic E-state index is 14.8. The second-order valence-electron chi connectivity index (χ2n) is 8.34. The minimum absolute atomic E-state index is 0.0488. The van der Waals surface area contributed by atoms with Gasteiger partial charge in [0.15, 0.2) is 0 Å². The molecule has 0 bridgehead atoms. The predicted molar refractivity (Wildman–Crippen MR) is 119 cm³/mol. The molecule has 2 atom stereocenters. The van der Waals surface area contributed by atoms with Gasteiger partial charge in [-0.15, -0.1) is 0 Å². The van der Waals surface area contributed by atoms with E-state index >= 15 is 0 Å². The Morgan fingerprint density at radius 3 is 2.40 bits per heavy atom. The number of hydrogen-bond donors (Lipinski definition) is 1. The molecule has 1 aliphatic rings. The molecule has 0 aliphatic carbocycles. The molecule has 1 saturated heterocycles. The van der Waals surface area contributed by atoms with E-state index < -0.39 is 41.8 Å². The molecule has 3 aromatic rings. The van der Waals surface area contributed by atoms with Crippen LogP contribution < -0.4 is 0 Å². The Balaban J connectivity index is 1.75. The van der Waals surface area contributed by atoms with Crippen molar-refractivity contribution >= 4 is 12.1 Å². The Morgan fingerprint density at radius 1 is 1.03 bits per heavy atom. The summed E-state index contributed by atoms with van der Waals surface area (Å²) >= 11 is 0. The molecule has 2 unspecified atom stereocenters. The molecule has 3 aromatic carbocycles. The van der Waals surface area contributed by atoms with Gasteiger partial charge in [0.2, 0.25) is 0 Å². The molecule has 5 nitrogen and oxygen atoms in total. The fourth-order valence-corrected chi connectivity index (χ4v) is 4.21. The summed E-state index contributed by atoms with van der Waals surface area (Å²) in [5, 5.41) is 9.07. The number of ether oxygens (including phenoxy) is 1. The van der Waals surface area contributed by atoms with Gasteiger partial charge in [-0.1, -0.05) is 42.5 Å². The van der Waals surface area contributed by atoms with Crippen molar-refractivity contribution in [2.75, 3.05) is 0 Å². The molecular weight excluding hydrogens is 466 g/mol. The molecule has 0 saturated carbocycles. The van der Waals surface area contributed by atoms with E-state index in [4.69, 9.17) is 9.84 Å². The van der Waals surface area contributed by atoms with Crippen molar-refractivity contribution < 1.29 is 37.0 Å². The summed E-state index contributed by atoms with van der Waals surface area (Å²) < 4.78 is 60.8. The lowest BCUT2D eigenvalue weighted by Crippen LogP contribution is -2.31. The number of alkyl halides is 3. The van der Waals surface area contributed by atoms with Crippen LogP contribution in [0.1, 0.15) is 35.3 Å². The van der Waals surface area contributed by atoms with Crippen molar-refractivity contribution in [1.29, 1.82) is 0 Å². The molecule has 1 fully saturated rings. The van der Waals surface area contributed by atoms with Crippen LogP contribution in [0.25, 0.3) is 11.1 Å². The zero-order valence-electron chi connectivity index (χ0n) is 18.6. The van der Waals surface area contributed by atoms with E-state index in [1.165, 1.54) is 17.0 Å². The van der Waals surface area contributed by atoms with Crippen LogP contribution in [0.15, 0.2) is 66.7 Å². The molecule has 1 aliphatic heterocycles. The zero-order chi connectivity index (χ0) is 25.3. The van der Waals surface area contributed by atoms with Crippen molar-refractivity contribution in [3.8, 4) is 11.1 Å². The minimum Gasteiger partial charge on any atom is -0.481 e. The van der Waals surface area contributed by atoms with Gasteiger partial charge >= 0.3 is 18.2 Å². The van der Waals surface area contributed by atoms with E-state index in [0.29, 0.717) is 0 Å². The second-order valence-corrected chi connectivity index (χ2v) is 8.34. The summed E-state index contributed by atoms with van der Waals surface area (Å²) in [7, 11) is 0. The van der Waals surface area contributed by atoms with Crippen LogP contribution in [0.5, 0.6) is 0 Å². The fraction of sp³-hybridized carbons (Fsp3) is 0.231. The first-order valence-electron chi connectivity index (χ1n) is 10.8. The number of aliphatic carboxylic acids is 1. The van der Waals surface area contributed by atoms with Gasteiger partial charge < -0.3 is 9.84 Å². The van der Waals surface area contributed by atoms with Crippen molar-refractivity contribution in [1.82, 2.24) is 4.90 Å². The quantitative estimate of drug-likeness (QED) is 0.419. The molecule has 9 heteroatoms. The highest BCUT2D eigenvalue weighted by Crippen LogP contribution is 2.38. The maximum absolute atomic E-state index is 14.8. The van der Waals surface area contributed by atoms with Gasteiger partial charge in [0, 0.05) is 5.56 Å². The molecule has 1 heterocycles. The molecular formula is C26H21F4NO4. The van der Waals surface area contributed by atoms with Crippen LogP contribution in [0.3, 0.4) is 0 Å². The summed E-state index contributed by atoms with van der Waals surface area (Å²) in [6.07, 6.45) is -6.35. The minimum atomic E-state index is -4.65. The van der Waals surface area contributed by atoms with E-state index in [1.807, 2.05) is 6.07 Å². The van der Waals surface area contributed by atoms with Gasteiger partial charge in [-0.05, 0) is 53.4 Å². The lowest BCUT2D eigenvalue weighted by atomic mass is 9.94. The van der Waals surface area contributed by atoms with Gasteiger partial charge in [0.25, 0.3) is 0 Å². The number of carboxylic acids is 1. The van der Waals surface area contributed by atoms with Crippen molar-refractivity contribution in [2.45, 2.75) is 38.2 Å². The average molecular weight is 487 g/mol. The fourth-order valence-electron chi connectivity index (χ4n) is 4.21. The van der Waals surface area contributed by atoms with Crippen LogP contribution in [-0.2, 0) is 28.7 Å². The van der Waals surface area contributed by atoms with Gasteiger partial charge in [0.1, 0.15) is 11.9 Å². The molecule has 0 spiro atoms. The molecule has 4 rings (SSSR count). The largest absolute Gasteiger partial charge is 0.481 e. The van der Waals surface area contributed by atoms with Crippen LogP contribution in [0, 0.1) is 5.82 Å². The number of nitrogens with zero attached hydrogens (tertiary/aromatic N) is 1. The summed E-state index contributed by atoms with van der Waals surface area (Å²) in [6.45, 7) is 1.47. The van der Waals surface area contributed by atoms with E-state index in [2.05, 4.69) is 0 Å². The third-order valence-electron chi connectivity index (χ3n) is 5.97. The van der Waals surface area contributed by atoms with Gasteiger partial charge in [-0.2, -0.15) is 13.2 Å². The number of carboxylic acid groups (broad SMARTS) is 1. The number of carbonyl (C=O) groups is 2. The van der Waals surface area contributed by atoms with Crippen molar-refractivity contribution in [2.24, 2.45) is 0 Å². The third-order valence-corrected chi connectivity index (χ3v) is 5.97. The van der Waals surface area contributed by atoms with Crippen molar-refractivity contribution in [3.05, 3.63) is 94.8 Å². The standard InChI is InChI=1S/C26H21F4NO4/c1-15-24(17-5-3-2-4-6-17)35-25(34)31(15)14-18-13-19(26(28,29)30)8-9-20(18)21-11-16(12-23(32)33)7-10-22(21)27/h2-11,13,15,24H,12,14H2,1H3,(H,32,33). The average Bonchev–Trinajstić information content (AvgIpc) is 3.08. The highest BCUT2D eigenvalue weighted by atomic mass is 19.4.